The van der Waals surface area contributed by atoms with Crippen molar-refractivity contribution in [3.63, 3.8) is 0 Å². The molecule has 2 aromatic rings. The van der Waals surface area contributed by atoms with E-state index >= 15 is 0 Å². The van der Waals surface area contributed by atoms with Crippen LogP contribution in [0.25, 0.3) is 0 Å². The summed E-state index contributed by atoms with van der Waals surface area (Å²) < 4.78 is 24.7. The highest BCUT2D eigenvalue weighted by molar-refractivity contribution is 5.99. The fourth-order valence-electron chi connectivity index (χ4n) is 2.55. The van der Waals surface area contributed by atoms with Gasteiger partial charge in [-0.2, -0.15) is 0 Å². The van der Waals surface area contributed by atoms with Gasteiger partial charge in [0.1, 0.15) is 29.1 Å². The maximum atomic E-state index is 13.9. The molecule has 1 fully saturated rings. The van der Waals surface area contributed by atoms with Crippen molar-refractivity contribution in [2.75, 3.05) is 13.2 Å². The molecule has 1 aromatic heterocycles. The average molecular weight is 346 g/mol. The minimum Gasteiger partial charge on any atom is -0.484 e. The Labute approximate surface area is 144 Å². The molecular formula is C18H19FN2O4. The van der Waals surface area contributed by atoms with E-state index < -0.39 is 11.9 Å². The van der Waals surface area contributed by atoms with Gasteiger partial charge in [-0.05, 0) is 13.0 Å². The second kappa shape index (κ2) is 7.06. The van der Waals surface area contributed by atoms with Gasteiger partial charge in [-0.1, -0.05) is 18.2 Å². The lowest BCUT2D eigenvalue weighted by molar-refractivity contribution is -0.00354. The monoisotopic (exact) mass is 346 g/mol. The highest BCUT2D eigenvalue weighted by Gasteiger charge is 2.24. The van der Waals surface area contributed by atoms with Gasteiger partial charge < -0.3 is 19.8 Å². The molecule has 0 radical (unpaired) electrons. The van der Waals surface area contributed by atoms with Crippen LogP contribution in [0.5, 0.6) is 5.75 Å². The SMILES string of the molecule is CC(=O)c1[nH]c(C(=O)NC2COC2)cc1OC(C)c1ccccc1F. The zero-order chi connectivity index (χ0) is 18.0. The predicted octanol–water partition coefficient (Wildman–Crippen LogP) is 2.63. The standard InChI is InChI=1S/C18H19FN2O4/c1-10(22)17-16(25-11(2)13-5-3-4-6-14(13)19)7-15(21-17)18(23)20-12-8-24-9-12/h3-7,11-12,21H,8-9H2,1-2H3,(H,20,23). The van der Waals surface area contributed by atoms with Gasteiger partial charge in [0.25, 0.3) is 5.91 Å². The van der Waals surface area contributed by atoms with Crippen LogP contribution in [0.3, 0.4) is 0 Å². The molecule has 1 amide bonds. The van der Waals surface area contributed by atoms with Crippen LogP contribution in [-0.4, -0.2) is 35.9 Å². The number of rotatable bonds is 6. The molecule has 3 rings (SSSR count). The van der Waals surface area contributed by atoms with E-state index in [4.69, 9.17) is 9.47 Å². The highest BCUT2D eigenvalue weighted by atomic mass is 19.1. The molecule has 25 heavy (non-hydrogen) atoms. The summed E-state index contributed by atoms with van der Waals surface area (Å²) in [5, 5.41) is 2.78. The number of Topliss-reactive ketones (excluding diaryl/α,β-unsaturated/α-hetero) is 1. The molecule has 1 aliphatic rings. The van der Waals surface area contributed by atoms with E-state index in [2.05, 4.69) is 10.3 Å². The summed E-state index contributed by atoms with van der Waals surface area (Å²) in [6, 6.07) is 7.69. The minimum atomic E-state index is -0.619. The number of carbonyl (C=O) groups is 2. The summed E-state index contributed by atoms with van der Waals surface area (Å²) in [6.45, 7) is 3.99. The number of carbonyl (C=O) groups excluding carboxylic acids is 2. The second-order valence-corrected chi connectivity index (χ2v) is 5.97. The van der Waals surface area contributed by atoms with Crippen LogP contribution < -0.4 is 10.1 Å². The van der Waals surface area contributed by atoms with Crippen LogP contribution in [0, 0.1) is 5.82 Å². The lowest BCUT2D eigenvalue weighted by Gasteiger charge is -2.26. The Morgan fingerprint density at radius 3 is 2.68 bits per heavy atom. The number of aromatic amines is 1. The lowest BCUT2D eigenvalue weighted by atomic mass is 10.1. The number of benzene rings is 1. The van der Waals surface area contributed by atoms with Gasteiger partial charge >= 0.3 is 0 Å². The molecule has 6 nitrogen and oxygen atoms in total. The fourth-order valence-corrected chi connectivity index (χ4v) is 2.55. The second-order valence-electron chi connectivity index (χ2n) is 5.97. The first kappa shape index (κ1) is 17.2. The van der Waals surface area contributed by atoms with Crippen LogP contribution in [0.2, 0.25) is 0 Å². The number of halogens is 1. The largest absolute Gasteiger partial charge is 0.484 e. The smallest absolute Gasteiger partial charge is 0.268 e. The van der Waals surface area contributed by atoms with Crippen molar-refractivity contribution < 1.29 is 23.5 Å². The number of hydrogen-bond donors (Lipinski definition) is 2. The first-order valence-corrected chi connectivity index (χ1v) is 7.99. The number of ether oxygens (including phenoxy) is 2. The van der Waals surface area contributed by atoms with Crippen molar-refractivity contribution in [3.8, 4) is 5.75 Å². The first-order chi connectivity index (χ1) is 12.0. The van der Waals surface area contributed by atoms with Gasteiger partial charge in [-0.25, -0.2) is 4.39 Å². The van der Waals surface area contributed by atoms with E-state index in [1.807, 2.05) is 0 Å². The average Bonchev–Trinajstić information content (AvgIpc) is 2.95. The Morgan fingerprint density at radius 2 is 2.08 bits per heavy atom. The third kappa shape index (κ3) is 3.71. The van der Waals surface area contributed by atoms with Crippen molar-refractivity contribution >= 4 is 11.7 Å². The zero-order valence-corrected chi connectivity index (χ0v) is 14.0. The molecule has 1 aromatic carbocycles. The molecule has 2 heterocycles. The molecule has 1 saturated heterocycles. The van der Waals surface area contributed by atoms with Crippen LogP contribution >= 0.6 is 0 Å². The molecule has 0 saturated carbocycles. The Hall–Kier alpha value is -2.67. The summed E-state index contributed by atoms with van der Waals surface area (Å²) >= 11 is 0. The number of nitrogens with one attached hydrogen (secondary N) is 2. The minimum absolute atomic E-state index is 0.0294. The summed E-state index contributed by atoms with van der Waals surface area (Å²) in [5.74, 6) is -0.790. The molecule has 0 aliphatic carbocycles. The van der Waals surface area contributed by atoms with Gasteiger partial charge in [0.05, 0.1) is 19.3 Å². The van der Waals surface area contributed by atoms with Crippen molar-refractivity contribution in [2.45, 2.75) is 26.0 Å². The van der Waals surface area contributed by atoms with E-state index in [-0.39, 0.29) is 34.9 Å². The fraction of sp³-hybridized carbons (Fsp3) is 0.333. The maximum absolute atomic E-state index is 13.9. The highest BCUT2D eigenvalue weighted by Crippen LogP contribution is 2.28. The molecule has 0 bridgehead atoms. The Bertz CT molecular complexity index is 798. The summed E-state index contributed by atoms with van der Waals surface area (Å²) in [5.41, 5.74) is 0.766. The van der Waals surface area contributed by atoms with Crippen molar-refractivity contribution in [1.82, 2.24) is 10.3 Å². The molecule has 1 atom stereocenters. The summed E-state index contributed by atoms with van der Waals surface area (Å²) in [7, 11) is 0. The van der Waals surface area contributed by atoms with E-state index in [0.29, 0.717) is 18.8 Å². The quantitative estimate of drug-likeness (QED) is 0.788. The first-order valence-electron chi connectivity index (χ1n) is 7.99. The third-order valence-electron chi connectivity index (χ3n) is 4.00. The predicted molar refractivity (Wildman–Crippen MR) is 88.3 cm³/mol. The molecular weight excluding hydrogens is 327 g/mol. The molecule has 7 heteroatoms. The Morgan fingerprint density at radius 1 is 1.36 bits per heavy atom. The van der Waals surface area contributed by atoms with Crippen LogP contribution in [0.1, 0.15) is 46.5 Å². The lowest BCUT2D eigenvalue weighted by Crippen LogP contribution is -2.48. The summed E-state index contributed by atoms with van der Waals surface area (Å²) in [4.78, 5) is 26.8. The van der Waals surface area contributed by atoms with E-state index in [9.17, 15) is 14.0 Å². The van der Waals surface area contributed by atoms with Crippen molar-refractivity contribution in [3.05, 3.63) is 53.1 Å². The molecule has 1 aliphatic heterocycles. The van der Waals surface area contributed by atoms with Gasteiger partial charge in [0, 0.05) is 18.6 Å². The number of amides is 1. The molecule has 2 N–H and O–H groups in total. The molecule has 0 spiro atoms. The number of hydrogen-bond acceptors (Lipinski definition) is 4. The Balaban J connectivity index is 1.81. The van der Waals surface area contributed by atoms with E-state index in [1.165, 1.54) is 19.1 Å². The number of H-pyrrole nitrogens is 1. The Kier molecular flexibility index (Phi) is 4.85. The van der Waals surface area contributed by atoms with Gasteiger partial charge in [0.2, 0.25) is 0 Å². The van der Waals surface area contributed by atoms with Crippen LogP contribution in [0.15, 0.2) is 30.3 Å². The normalized spacial score (nSPS) is 15.3. The van der Waals surface area contributed by atoms with Crippen LogP contribution in [-0.2, 0) is 4.74 Å². The molecule has 132 valence electrons. The van der Waals surface area contributed by atoms with Gasteiger partial charge in [0.15, 0.2) is 5.78 Å². The van der Waals surface area contributed by atoms with Crippen LogP contribution in [0.4, 0.5) is 4.39 Å². The number of ketones is 1. The topological polar surface area (TPSA) is 80.4 Å². The van der Waals surface area contributed by atoms with Crippen molar-refractivity contribution in [2.24, 2.45) is 0 Å². The van der Waals surface area contributed by atoms with Gasteiger partial charge in [-0.15, -0.1) is 0 Å². The number of aromatic nitrogens is 1. The zero-order valence-electron chi connectivity index (χ0n) is 14.0. The van der Waals surface area contributed by atoms with E-state index in [0.717, 1.165) is 0 Å². The van der Waals surface area contributed by atoms with Gasteiger partial charge in [-0.3, -0.25) is 9.59 Å². The molecule has 1 unspecified atom stereocenters. The van der Waals surface area contributed by atoms with Crippen molar-refractivity contribution in [1.29, 1.82) is 0 Å². The van der Waals surface area contributed by atoms with E-state index in [1.54, 1.807) is 25.1 Å². The third-order valence-corrected chi connectivity index (χ3v) is 4.00. The maximum Gasteiger partial charge on any atom is 0.268 e. The summed E-state index contributed by atoms with van der Waals surface area (Å²) in [6.07, 6.45) is -0.619.